The Kier molecular flexibility index (Phi) is 6.90. The van der Waals surface area contributed by atoms with Gasteiger partial charge in [0.15, 0.2) is 0 Å². The molecule has 0 unspecified atom stereocenters. The van der Waals surface area contributed by atoms with Crippen LogP contribution in [0.15, 0.2) is 33.9 Å². The quantitative estimate of drug-likeness (QED) is 0.601. The van der Waals surface area contributed by atoms with Gasteiger partial charge in [0, 0.05) is 19.2 Å². The van der Waals surface area contributed by atoms with Crippen molar-refractivity contribution in [3.8, 4) is 0 Å². The second-order valence-corrected chi connectivity index (χ2v) is 9.89. The van der Waals surface area contributed by atoms with Crippen molar-refractivity contribution >= 4 is 19.9 Å². The number of aromatic nitrogens is 2. The minimum absolute atomic E-state index is 0.0368. The van der Waals surface area contributed by atoms with Crippen LogP contribution in [-0.2, 0) is 32.0 Å². The van der Waals surface area contributed by atoms with Crippen molar-refractivity contribution in [3.63, 3.8) is 0 Å². The van der Waals surface area contributed by atoms with E-state index < -0.39 is 19.9 Å². The molecule has 1 heterocycles. The molecule has 2 aromatic rings. The zero-order valence-corrected chi connectivity index (χ0v) is 16.4. The molecule has 0 bridgehead atoms. The molecule has 0 aliphatic carbocycles. The molecular formula is C16H23N3O5S2. The van der Waals surface area contributed by atoms with Gasteiger partial charge >= 0.3 is 5.22 Å². The van der Waals surface area contributed by atoms with E-state index >= 15 is 0 Å². The first-order valence-corrected chi connectivity index (χ1v) is 11.8. The number of rotatable bonds is 10. The summed E-state index contributed by atoms with van der Waals surface area (Å²) in [7, 11) is -6.84. The van der Waals surface area contributed by atoms with Crippen LogP contribution in [0, 0.1) is 6.92 Å². The van der Waals surface area contributed by atoms with Gasteiger partial charge in [-0.25, -0.2) is 21.6 Å². The van der Waals surface area contributed by atoms with Gasteiger partial charge in [0.2, 0.25) is 25.8 Å². The molecule has 0 spiro atoms. The molecule has 10 heteroatoms. The Morgan fingerprint density at radius 3 is 2.50 bits per heavy atom. The number of hydrogen-bond acceptors (Lipinski definition) is 7. The molecule has 0 atom stereocenters. The first-order chi connectivity index (χ1) is 12.2. The maximum atomic E-state index is 12.1. The van der Waals surface area contributed by atoms with Crippen molar-refractivity contribution in [1.82, 2.24) is 14.9 Å². The Morgan fingerprint density at radius 2 is 1.85 bits per heavy atom. The molecule has 0 radical (unpaired) electrons. The fourth-order valence-corrected chi connectivity index (χ4v) is 3.98. The first kappa shape index (κ1) is 20.5. The average Bonchev–Trinajstić information content (AvgIpc) is 2.99. The molecule has 144 valence electrons. The second kappa shape index (κ2) is 8.74. The van der Waals surface area contributed by atoms with Crippen molar-refractivity contribution in [1.29, 1.82) is 0 Å². The van der Waals surface area contributed by atoms with Gasteiger partial charge in [-0.2, -0.15) is 0 Å². The van der Waals surface area contributed by atoms with Crippen LogP contribution in [0.1, 0.15) is 36.3 Å². The smallest absolute Gasteiger partial charge is 0.335 e. The van der Waals surface area contributed by atoms with Gasteiger partial charge in [-0.05, 0) is 25.3 Å². The summed E-state index contributed by atoms with van der Waals surface area (Å²) in [5.41, 5.74) is 1.79. The molecule has 1 N–H and O–H groups in total. The third kappa shape index (κ3) is 6.85. The normalized spacial score (nSPS) is 12.4. The minimum Gasteiger partial charge on any atom is -0.413 e. The van der Waals surface area contributed by atoms with Crippen LogP contribution in [0.5, 0.6) is 0 Å². The lowest BCUT2D eigenvalue weighted by atomic mass is 10.2. The number of benzene rings is 1. The van der Waals surface area contributed by atoms with E-state index in [1.165, 1.54) is 0 Å². The summed E-state index contributed by atoms with van der Waals surface area (Å²) < 4.78 is 54.3. The summed E-state index contributed by atoms with van der Waals surface area (Å²) in [6, 6.07) is 7.41. The van der Waals surface area contributed by atoms with Gasteiger partial charge in [0.1, 0.15) is 0 Å². The minimum atomic E-state index is -3.48. The third-order valence-electron chi connectivity index (χ3n) is 3.59. The van der Waals surface area contributed by atoms with Crippen molar-refractivity contribution in [2.45, 2.75) is 43.6 Å². The molecule has 0 amide bonds. The molecule has 1 aromatic heterocycles. The van der Waals surface area contributed by atoms with E-state index in [1.54, 1.807) is 6.07 Å². The summed E-state index contributed by atoms with van der Waals surface area (Å²) in [5, 5.41) is 6.79. The van der Waals surface area contributed by atoms with Crippen LogP contribution in [0.25, 0.3) is 0 Å². The Bertz CT molecular complexity index is 936. The molecule has 26 heavy (non-hydrogen) atoms. The SMILES string of the molecule is Cc1cccc(CS(=O)(=O)NCCCCCc2nnc(S(C)(=O)=O)o2)c1. The summed E-state index contributed by atoms with van der Waals surface area (Å²) in [4.78, 5) is 0. The number of unbranched alkanes of at least 4 members (excludes halogenated alkanes) is 2. The molecule has 0 fully saturated rings. The van der Waals surface area contributed by atoms with Gasteiger partial charge < -0.3 is 4.42 Å². The number of nitrogens with one attached hydrogen (secondary N) is 1. The number of sulfone groups is 1. The van der Waals surface area contributed by atoms with Gasteiger partial charge in [-0.3, -0.25) is 0 Å². The van der Waals surface area contributed by atoms with E-state index in [-0.39, 0.29) is 16.9 Å². The second-order valence-electron chi connectivity index (χ2n) is 6.19. The highest BCUT2D eigenvalue weighted by Crippen LogP contribution is 2.10. The van der Waals surface area contributed by atoms with Crippen LogP contribution < -0.4 is 4.72 Å². The van der Waals surface area contributed by atoms with Crippen LogP contribution in [-0.4, -0.2) is 39.8 Å². The third-order valence-corrected chi connectivity index (χ3v) is 5.75. The lowest BCUT2D eigenvalue weighted by Gasteiger charge is -2.07. The fourth-order valence-electron chi connectivity index (χ4n) is 2.37. The Balaban J connectivity index is 1.67. The Labute approximate surface area is 154 Å². The van der Waals surface area contributed by atoms with Crippen LogP contribution in [0.2, 0.25) is 0 Å². The predicted octanol–water partition coefficient (Wildman–Crippen LogP) is 1.61. The topological polar surface area (TPSA) is 119 Å². The highest BCUT2D eigenvalue weighted by Gasteiger charge is 2.16. The largest absolute Gasteiger partial charge is 0.413 e. The lowest BCUT2D eigenvalue weighted by Crippen LogP contribution is -2.26. The Morgan fingerprint density at radius 1 is 1.08 bits per heavy atom. The van der Waals surface area contributed by atoms with Crippen LogP contribution in [0.4, 0.5) is 0 Å². The first-order valence-electron chi connectivity index (χ1n) is 8.21. The fraction of sp³-hybridized carbons (Fsp3) is 0.500. The van der Waals surface area contributed by atoms with Gasteiger partial charge in [-0.1, -0.05) is 41.3 Å². The molecule has 0 saturated carbocycles. The molecule has 1 aromatic carbocycles. The van der Waals surface area contributed by atoms with Gasteiger partial charge in [0.05, 0.1) is 5.75 Å². The average molecular weight is 402 g/mol. The van der Waals surface area contributed by atoms with Crippen LogP contribution in [0.3, 0.4) is 0 Å². The van der Waals surface area contributed by atoms with E-state index in [4.69, 9.17) is 4.42 Å². The molecule has 0 aliphatic heterocycles. The molecule has 0 aliphatic rings. The van der Waals surface area contributed by atoms with Crippen molar-refractivity contribution in [2.75, 3.05) is 12.8 Å². The van der Waals surface area contributed by atoms with Crippen molar-refractivity contribution in [3.05, 3.63) is 41.3 Å². The van der Waals surface area contributed by atoms with Gasteiger partial charge in [-0.15, -0.1) is 5.10 Å². The number of hydrogen-bond donors (Lipinski definition) is 1. The van der Waals surface area contributed by atoms with Gasteiger partial charge in [0.25, 0.3) is 0 Å². The van der Waals surface area contributed by atoms with E-state index in [0.29, 0.717) is 25.8 Å². The summed E-state index contributed by atoms with van der Waals surface area (Å²) in [6.07, 6.45) is 3.58. The summed E-state index contributed by atoms with van der Waals surface area (Å²) in [6.45, 7) is 2.28. The monoisotopic (exact) mass is 401 g/mol. The number of sulfonamides is 1. The zero-order chi connectivity index (χ0) is 19.2. The lowest BCUT2D eigenvalue weighted by molar-refractivity contribution is 0.392. The van der Waals surface area contributed by atoms with E-state index in [9.17, 15) is 16.8 Å². The van der Waals surface area contributed by atoms with Crippen LogP contribution >= 0.6 is 0 Å². The highest BCUT2D eigenvalue weighted by molar-refractivity contribution is 7.90. The molecule has 8 nitrogen and oxygen atoms in total. The maximum absolute atomic E-state index is 12.1. The highest BCUT2D eigenvalue weighted by atomic mass is 32.2. The zero-order valence-electron chi connectivity index (χ0n) is 14.8. The molecule has 2 rings (SSSR count). The summed E-state index contributed by atoms with van der Waals surface area (Å²) in [5.74, 6) is 0.232. The maximum Gasteiger partial charge on any atom is 0.335 e. The van der Waals surface area contributed by atoms with Crippen molar-refractivity contribution in [2.24, 2.45) is 0 Å². The molecule has 0 saturated heterocycles. The Hall–Kier alpha value is -1.78. The summed E-state index contributed by atoms with van der Waals surface area (Å²) >= 11 is 0. The van der Waals surface area contributed by atoms with Crippen molar-refractivity contribution < 1.29 is 21.3 Å². The molecular weight excluding hydrogens is 378 g/mol. The van der Waals surface area contributed by atoms with E-state index in [2.05, 4.69) is 14.9 Å². The standard InChI is InChI=1S/C16H23N3O5S2/c1-13-7-6-8-14(11-13)12-26(22,23)17-10-5-3-4-9-15-18-19-16(24-15)25(2,20)21/h6-8,11,17H,3-5,9-10,12H2,1-2H3. The van der Waals surface area contributed by atoms with E-state index in [1.807, 2.05) is 25.1 Å². The predicted molar refractivity (Wildman–Crippen MR) is 96.8 cm³/mol. The van der Waals surface area contributed by atoms with E-state index in [0.717, 1.165) is 23.8 Å². The number of aryl methyl sites for hydroxylation is 2. The number of nitrogens with zero attached hydrogens (tertiary/aromatic N) is 2.